The van der Waals surface area contributed by atoms with Gasteiger partial charge in [-0.2, -0.15) is 8.42 Å². The topological polar surface area (TPSA) is 133 Å². The van der Waals surface area contributed by atoms with E-state index < -0.39 is 27.0 Å². The van der Waals surface area contributed by atoms with E-state index in [1.165, 1.54) is 0 Å². The summed E-state index contributed by atoms with van der Waals surface area (Å²) in [7, 11) is -4.38. The standard InChI is InChI=1S/C8H4O6S.H3N/c9-7-5-2-1-4(15(11,12)13)3-6(5)8(10)14-7;/h1-3H,(H,11,12,13);1H3. The van der Waals surface area contributed by atoms with E-state index in [0.717, 1.165) is 18.2 Å². The van der Waals surface area contributed by atoms with Crippen molar-refractivity contribution in [1.82, 2.24) is 6.15 Å². The van der Waals surface area contributed by atoms with Crippen LogP contribution in [-0.2, 0) is 14.9 Å². The van der Waals surface area contributed by atoms with Crippen molar-refractivity contribution in [3.63, 3.8) is 0 Å². The van der Waals surface area contributed by atoms with Gasteiger partial charge in [0.25, 0.3) is 10.1 Å². The Balaban J connectivity index is 0.00000128. The summed E-state index contributed by atoms with van der Waals surface area (Å²) in [6.45, 7) is 0. The first-order chi connectivity index (χ1) is 6.89. The molecule has 1 aliphatic rings. The second kappa shape index (κ2) is 3.67. The minimum Gasteiger partial charge on any atom is -0.386 e. The lowest BCUT2D eigenvalue weighted by molar-refractivity contribution is 0.0443. The summed E-state index contributed by atoms with van der Waals surface area (Å²) in [6, 6.07) is 3.04. The van der Waals surface area contributed by atoms with Gasteiger partial charge in [0.15, 0.2) is 0 Å². The van der Waals surface area contributed by atoms with E-state index in [1.807, 2.05) is 0 Å². The fourth-order valence-corrected chi connectivity index (χ4v) is 1.73. The van der Waals surface area contributed by atoms with Crippen LogP contribution >= 0.6 is 0 Å². The Morgan fingerprint density at radius 3 is 2.19 bits per heavy atom. The number of ether oxygens (including phenoxy) is 1. The number of esters is 2. The molecule has 0 amide bonds. The maximum atomic E-state index is 11.0. The van der Waals surface area contributed by atoms with Crippen LogP contribution in [0.15, 0.2) is 23.1 Å². The Kier molecular flexibility index (Phi) is 2.82. The van der Waals surface area contributed by atoms with E-state index in [9.17, 15) is 18.0 Å². The van der Waals surface area contributed by atoms with Crippen molar-refractivity contribution >= 4 is 22.1 Å². The Hall–Kier alpha value is -1.77. The minimum atomic E-state index is -4.38. The molecule has 0 saturated heterocycles. The van der Waals surface area contributed by atoms with E-state index in [-0.39, 0.29) is 17.3 Å². The van der Waals surface area contributed by atoms with Gasteiger partial charge in [-0.1, -0.05) is 0 Å². The molecule has 0 spiro atoms. The molecule has 0 atom stereocenters. The second-order valence-electron chi connectivity index (χ2n) is 2.86. The molecular weight excluding hydrogens is 238 g/mol. The molecule has 1 aliphatic heterocycles. The van der Waals surface area contributed by atoms with Gasteiger partial charge in [-0.15, -0.1) is 0 Å². The third-order valence-electron chi connectivity index (χ3n) is 1.91. The molecule has 7 nitrogen and oxygen atoms in total. The number of fused-ring (bicyclic) bond motifs is 1. The number of cyclic esters (lactones) is 2. The molecule has 0 unspecified atom stereocenters. The van der Waals surface area contributed by atoms with E-state index in [1.54, 1.807) is 0 Å². The zero-order valence-corrected chi connectivity index (χ0v) is 8.65. The van der Waals surface area contributed by atoms with Crippen LogP contribution in [-0.4, -0.2) is 24.9 Å². The van der Waals surface area contributed by atoms with Gasteiger partial charge in [-0.05, 0) is 18.2 Å². The van der Waals surface area contributed by atoms with E-state index >= 15 is 0 Å². The van der Waals surface area contributed by atoms with Gasteiger partial charge < -0.3 is 10.9 Å². The third-order valence-corrected chi connectivity index (χ3v) is 2.76. The molecule has 16 heavy (non-hydrogen) atoms. The fraction of sp³-hybridized carbons (Fsp3) is 0. The van der Waals surface area contributed by atoms with Gasteiger partial charge in [0.2, 0.25) is 0 Å². The number of hydrogen-bond acceptors (Lipinski definition) is 6. The summed E-state index contributed by atoms with van der Waals surface area (Å²) in [5.74, 6) is -1.74. The van der Waals surface area contributed by atoms with Crippen LogP contribution in [0.3, 0.4) is 0 Å². The highest BCUT2D eigenvalue weighted by atomic mass is 32.2. The second-order valence-corrected chi connectivity index (χ2v) is 4.28. The van der Waals surface area contributed by atoms with Gasteiger partial charge in [0.1, 0.15) is 0 Å². The summed E-state index contributed by atoms with van der Waals surface area (Å²) >= 11 is 0. The van der Waals surface area contributed by atoms with Crippen molar-refractivity contribution in [2.75, 3.05) is 0 Å². The average molecular weight is 245 g/mol. The van der Waals surface area contributed by atoms with Gasteiger partial charge in [0.05, 0.1) is 16.0 Å². The fourth-order valence-electron chi connectivity index (χ4n) is 1.22. The Morgan fingerprint density at radius 2 is 1.62 bits per heavy atom. The smallest absolute Gasteiger partial charge is 0.346 e. The van der Waals surface area contributed by atoms with Crippen LogP contribution in [0.1, 0.15) is 20.7 Å². The maximum Gasteiger partial charge on any atom is 0.346 e. The predicted octanol–water partition coefficient (Wildman–Crippen LogP) is 0.406. The molecule has 0 bridgehead atoms. The van der Waals surface area contributed by atoms with Crippen molar-refractivity contribution in [2.45, 2.75) is 4.90 Å². The first kappa shape index (κ1) is 12.3. The molecule has 2 rings (SSSR count). The molecule has 0 aromatic heterocycles. The van der Waals surface area contributed by atoms with Crippen LogP contribution in [0.5, 0.6) is 0 Å². The van der Waals surface area contributed by atoms with Crippen molar-refractivity contribution in [1.29, 1.82) is 0 Å². The summed E-state index contributed by atoms with van der Waals surface area (Å²) in [5.41, 5.74) is -0.164. The largest absolute Gasteiger partial charge is 0.386 e. The first-order valence-electron chi connectivity index (χ1n) is 3.77. The monoisotopic (exact) mass is 245 g/mol. The first-order valence-corrected chi connectivity index (χ1v) is 5.21. The number of benzene rings is 1. The normalized spacial score (nSPS) is 14.1. The predicted molar refractivity (Wildman–Crippen MR) is 51.0 cm³/mol. The van der Waals surface area contributed by atoms with E-state index in [2.05, 4.69) is 4.74 Å². The lowest BCUT2D eigenvalue weighted by Gasteiger charge is -1.97. The Labute approximate surface area is 90.4 Å². The van der Waals surface area contributed by atoms with Crippen molar-refractivity contribution in [3.05, 3.63) is 29.3 Å². The maximum absolute atomic E-state index is 11.0. The van der Waals surface area contributed by atoms with Gasteiger partial charge >= 0.3 is 11.9 Å². The number of hydrogen-bond donors (Lipinski definition) is 2. The number of carbonyl (C=O) groups is 2. The Bertz CT molecular complexity index is 576. The van der Waals surface area contributed by atoms with Gasteiger partial charge in [-0.25, -0.2) is 9.59 Å². The zero-order valence-electron chi connectivity index (χ0n) is 7.84. The lowest BCUT2D eigenvalue weighted by atomic mass is 10.1. The molecule has 0 saturated carbocycles. The summed E-state index contributed by atoms with van der Waals surface area (Å²) in [4.78, 5) is 21.6. The number of carbonyl (C=O) groups excluding carboxylic acids is 2. The molecule has 4 N–H and O–H groups in total. The molecule has 86 valence electrons. The van der Waals surface area contributed by atoms with Crippen LogP contribution in [0, 0.1) is 0 Å². The van der Waals surface area contributed by atoms with Crippen LogP contribution in [0.2, 0.25) is 0 Å². The molecule has 0 aliphatic carbocycles. The molecule has 8 heteroatoms. The van der Waals surface area contributed by atoms with Crippen LogP contribution in [0.4, 0.5) is 0 Å². The van der Waals surface area contributed by atoms with Crippen molar-refractivity contribution in [3.8, 4) is 0 Å². The zero-order chi connectivity index (χ0) is 11.2. The molecule has 0 fully saturated rings. The number of rotatable bonds is 1. The van der Waals surface area contributed by atoms with Gasteiger partial charge in [0, 0.05) is 0 Å². The van der Waals surface area contributed by atoms with Crippen molar-refractivity contribution < 1.29 is 27.3 Å². The highest BCUT2D eigenvalue weighted by molar-refractivity contribution is 7.85. The average Bonchev–Trinajstić information content (AvgIpc) is 2.41. The molecular formula is C8H7NO6S. The molecule has 1 aromatic carbocycles. The van der Waals surface area contributed by atoms with Gasteiger partial charge in [-0.3, -0.25) is 4.55 Å². The highest BCUT2D eigenvalue weighted by Crippen LogP contribution is 2.22. The lowest BCUT2D eigenvalue weighted by Crippen LogP contribution is -2.01. The van der Waals surface area contributed by atoms with E-state index in [0.29, 0.717) is 0 Å². The van der Waals surface area contributed by atoms with Crippen LogP contribution < -0.4 is 6.15 Å². The summed E-state index contributed by atoms with van der Waals surface area (Å²) < 4.78 is 34.4. The molecule has 1 aromatic rings. The molecule has 1 heterocycles. The molecule has 0 radical (unpaired) electrons. The minimum absolute atomic E-state index is 0. The summed E-state index contributed by atoms with van der Waals surface area (Å²) in [6.07, 6.45) is 0. The van der Waals surface area contributed by atoms with Crippen molar-refractivity contribution in [2.24, 2.45) is 0 Å². The Morgan fingerprint density at radius 1 is 1.06 bits per heavy atom. The highest BCUT2D eigenvalue weighted by Gasteiger charge is 2.30. The third kappa shape index (κ3) is 1.81. The quantitative estimate of drug-likeness (QED) is 0.415. The van der Waals surface area contributed by atoms with Crippen LogP contribution in [0.25, 0.3) is 0 Å². The summed E-state index contributed by atoms with van der Waals surface area (Å²) in [5, 5.41) is 0. The SMILES string of the molecule is N.O=C1OC(=O)c2cc(S(=O)(=O)O)ccc21. The van der Waals surface area contributed by atoms with E-state index in [4.69, 9.17) is 4.55 Å².